The molecule has 0 spiro atoms. The number of pyridine rings is 1. The Labute approximate surface area is 217 Å². The van der Waals surface area contributed by atoms with Crippen LogP contribution in [0.2, 0.25) is 0 Å². The first-order valence-corrected chi connectivity index (χ1v) is 12.0. The van der Waals surface area contributed by atoms with E-state index in [2.05, 4.69) is 10.3 Å². The number of urea groups is 1. The van der Waals surface area contributed by atoms with E-state index in [1.165, 1.54) is 15.5 Å². The highest BCUT2D eigenvalue weighted by Crippen LogP contribution is 2.37. The second-order valence-electron chi connectivity index (χ2n) is 8.91. The number of carbonyl (C=O) groups excluding carboxylic acids is 1. The van der Waals surface area contributed by atoms with Crippen LogP contribution >= 0.6 is 0 Å². The number of aryl methyl sites for hydroxylation is 1. The largest absolute Gasteiger partial charge is 0.480 e. The van der Waals surface area contributed by atoms with Gasteiger partial charge in [0.05, 0.1) is 16.6 Å². The summed E-state index contributed by atoms with van der Waals surface area (Å²) >= 11 is 0. The Morgan fingerprint density at radius 3 is 2.45 bits per heavy atom. The lowest BCUT2D eigenvalue weighted by molar-refractivity contribution is -0.138. The molecule has 2 aromatic carbocycles. The maximum atomic E-state index is 13.7. The predicted molar refractivity (Wildman–Crippen MR) is 137 cm³/mol. The van der Waals surface area contributed by atoms with Crippen LogP contribution in [-0.2, 0) is 30.6 Å². The van der Waals surface area contributed by atoms with Gasteiger partial charge in [-0.15, -0.1) is 0 Å². The molecule has 0 aliphatic carbocycles. The van der Waals surface area contributed by atoms with Crippen molar-refractivity contribution in [2.24, 2.45) is 0 Å². The van der Waals surface area contributed by atoms with Crippen LogP contribution in [0.15, 0.2) is 66.9 Å². The van der Waals surface area contributed by atoms with Crippen molar-refractivity contribution in [2.75, 3.05) is 6.54 Å². The third-order valence-corrected chi connectivity index (χ3v) is 6.21. The lowest BCUT2D eigenvalue weighted by atomic mass is 9.97. The third-order valence-electron chi connectivity index (χ3n) is 6.21. The zero-order valence-corrected chi connectivity index (χ0v) is 20.9. The van der Waals surface area contributed by atoms with E-state index in [9.17, 15) is 27.9 Å². The molecule has 10 heteroatoms. The molecule has 4 aromatic rings. The molecule has 2 heterocycles. The van der Waals surface area contributed by atoms with Gasteiger partial charge in [-0.25, -0.2) is 4.79 Å². The first-order valence-electron chi connectivity index (χ1n) is 12.0. The number of aliphatic carboxylic acids is 1. The van der Waals surface area contributed by atoms with Crippen molar-refractivity contribution in [3.63, 3.8) is 0 Å². The highest BCUT2D eigenvalue weighted by Gasteiger charge is 2.32. The van der Waals surface area contributed by atoms with Crippen LogP contribution in [-0.4, -0.2) is 38.1 Å². The van der Waals surface area contributed by atoms with E-state index in [-0.39, 0.29) is 31.7 Å². The van der Waals surface area contributed by atoms with E-state index in [1.54, 1.807) is 32.2 Å². The quantitative estimate of drug-likeness (QED) is 0.303. The molecule has 4 rings (SSSR count). The van der Waals surface area contributed by atoms with Gasteiger partial charge in [0.15, 0.2) is 0 Å². The number of amides is 2. The zero-order valence-electron chi connectivity index (χ0n) is 20.9. The summed E-state index contributed by atoms with van der Waals surface area (Å²) in [6.45, 7) is 3.64. The highest BCUT2D eigenvalue weighted by molar-refractivity contribution is 5.94. The number of nitrogens with zero attached hydrogens (tertiary/aromatic N) is 3. The number of alkyl halides is 3. The van der Waals surface area contributed by atoms with Crippen molar-refractivity contribution < 1.29 is 27.9 Å². The van der Waals surface area contributed by atoms with E-state index in [1.807, 2.05) is 30.3 Å². The summed E-state index contributed by atoms with van der Waals surface area (Å²) in [5.74, 6) is -1.06. The van der Waals surface area contributed by atoms with Crippen molar-refractivity contribution in [2.45, 2.75) is 39.7 Å². The van der Waals surface area contributed by atoms with E-state index in [4.69, 9.17) is 0 Å². The maximum absolute atomic E-state index is 13.7. The van der Waals surface area contributed by atoms with E-state index < -0.39 is 23.7 Å². The van der Waals surface area contributed by atoms with Crippen LogP contribution in [0.4, 0.5) is 18.0 Å². The number of aromatic nitrogens is 2. The normalized spacial score (nSPS) is 11.5. The minimum Gasteiger partial charge on any atom is -0.480 e. The molecule has 0 fully saturated rings. The molecule has 7 nitrogen and oxygen atoms in total. The molecule has 0 saturated heterocycles. The molecule has 198 valence electrons. The van der Waals surface area contributed by atoms with Crippen LogP contribution in [0.3, 0.4) is 0 Å². The first-order chi connectivity index (χ1) is 18.1. The fourth-order valence-electron chi connectivity index (χ4n) is 4.32. The molecule has 0 saturated carbocycles. The van der Waals surface area contributed by atoms with Gasteiger partial charge in [-0.05, 0) is 54.8 Å². The molecule has 0 unspecified atom stereocenters. The van der Waals surface area contributed by atoms with E-state index in [0.29, 0.717) is 27.9 Å². The monoisotopic (exact) mass is 524 g/mol. The van der Waals surface area contributed by atoms with Gasteiger partial charge in [-0.2, -0.15) is 13.2 Å². The number of halogens is 3. The predicted octanol–water partition coefficient (Wildman–Crippen LogP) is 5.85. The Morgan fingerprint density at radius 1 is 1.05 bits per heavy atom. The minimum atomic E-state index is -4.58. The number of carbonyl (C=O) groups is 2. The molecule has 2 N–H and O–H groups in total. The topological polar surface area (TPSA) is 87.5 Å². The third kappa shape index (κ3) is 5.96. The number of nitrogens with one attached hydrogen (secondary N) is 1. The van der Waals surface area contributed by atoms with Gasteiger partial charge in [0.25, 0.3) is 0 Å². The Balaban J connectivity index is 1.75. The second-order valence-corrected chi connectivity index (χ2v) is 8.91. The van der Waals surface area contributed by atoms with Gasteiger partial charge in [0.1, 0.15) is 6.54 Å². The van der Waals surface area contributed by atoms with Gasteiger partial charge in [0, 0.05) is 37.1 Å². The number of carboxylic acid groups (broad SMARTS) is 1. The maximum Gasteiger partial charge on any atom is 0.416 e. The first kappa shape index (κ1) is 26.7. The average Bonchev–Trinajstić information content (AvgIpc) is 3.22. The van der Waals surface area contributed by atoms with Gasteiger partial charge in [0.2, 0.25) is 0 Å². The van der Waals surface area contributed by atoms with Crippen LogP contribution in [0.1, 0.15) is 29.3 Å². The molecular formula is C28H27F3N4O3. The Kier molecular flexibility index (Phi) is 7.70. The van der Waals surface area contributed by atoms with Crippen molar-refractivity contribution >= 4 is 23.0 Å². The van der Waals surface area contributed by atoms with Gasteiger partial charge in [-0.1, -0.05) is 36.4 Å². The summed E-state index contributed by atoms with van der Waals surface area (Å²) < 4.78 is 42.5. The van der Waals surface area contributed by atoms with E-state index in [0.717, 1.165) is 17.7 Å². The standard InChI is InChI=1S/C28H27F3N4O3/c1-3-34(27(38)32-14-19-7-5-4-6-8-19)15-20-13-21(28(29,30)31)10-11-22(20)23-16-35(17-25(36)37)24-12-9-18(2)33-26(23)24/h4-13,16H,3,14-15,17H2,1-2H3,(H,32,38)(H,36,37). The number of carboxylic acids is 1. The van der Waals surface area contributed by atoms with Crippen LogP contribution in [0.5, 0.6) is 0 Å². The Morgan fingerprint density at radius 2 is 1.79 bits per heavy atom. The molecular weight excluding hydrogens is 497 g/mol. The summed E-state index contributed by atoms with van der Waals surface area (Å²) in [6.07, 6.45) is -2.99. The van der Waals surface area contributed by atoms with E-state index >= 15 is 0 Å². The van der Waals surface area contributed by atoms with Crippen LogP contribution in [0.25, 0.3) is 22.2 Å². The van der Waals surface area contributed by atoms with Crippen molar-refractivity contribution in [3.8, 4) is 11.1 Å². The molecule has 38 heavy (non-hydrogen) atoms. The lowest BCUT2D eigenvalue weighted by Gasteiger charge is -2.24. The number of hydrogen-bond acceptors (Lipinski definition) is 3. The number of rotatable bonds is 8. The highest BCUT2D eigenvalue weighted by atomic mass is 19.4. The smallest absolute Gasteiger partial charge is 0.416 e. The molecule has 2 aromatic heterocycles. The summed E-state index contributed by atoms with van der Waals surface area (Å²) in [6, 6.07) is 15.8. The van der Waals surface area contributed by atoms with Gasteiger partial charge >= 0.3 is 18.2 Å². The fourth-order valence-corrected chi connectivity index (χ4v) is 4.32. The van der Waals surface area contributed by atoms with Crippen LogP contribution < -0.4 is 5.32 Å². The SMILES string of the molecule is CCN(Cc1cc(C(F)(F)F)ccc1-c1cn(CC(=O)O)c2ccc(C)nc12)C(=O)NCc1ccccc1. The van der Waals surface area contributed by atoms with Crippen molar-refractivity contribution in [3.05, 3.63) is 89.2 Å². The number of benzene rings is 2. The molecule has 0 bridgehead atoms. The molecule has 0 aliphatic heterocycles. The zero-order chi connectivity index (χ0) is 27.4. The van der Waals surface area contributed by atoms with Crippen molar-refractivity contribution in [1.29, 1.82) is 0 Å². The fraction of sp³-hybridized carbons (Fsp3) is 0.250. The number of hydrogen-bond donors (Lipinski definition) is 2. The summed E-state index contributed by atoms with van der Waals surface area (Å²) in [4.78, 5) is 30.4. The Hall–Kier alpha value is -4.34. The van der Waals surface area contributed by atoms with Gasteiger partial charge in [-0.3, -0.25) is 9.78 Å². The molecule has 0 radical (unpaired) electrons. The van der Waals surface area contributed by atoms with Crippen LogP contribution in [0, 0.1) is 6.92 Å². The number of fused-ring (bicyclic) bond motifs is 1. The minimum absolute atomic E-state index is 0.0895. The Bertz CT molecular complexity index is 1470. The summed E-state index contributed by atoms with van der Waals surface area (Å²) in [5, 5.41) is 12.2. The average molecular weight is 525 g/mol. The molecule has 0 aliphatic rings. The van der Waals surface area contributed by atoms with Gasteiger partial charge < -0.3 is 19.9 Å². The lowest BCUT2D eigenvalue weighted by Crippen LogP contribution is -2.39. The van der Waals surface area contributed by atoms with Crippen molar-refractivity contribution in [1.82, 2.24) is 19.8 Å². The molecule has 2 amide bonds. The summed E-state index contributed by atoms with van der Waals surface area (Å²) in [7, 11) is 0. The summed E-state index contributed by atoms with van der Waals surface area (Å²) in [5.41, 5.74) is 2.97. The second kappa shape index (κ2) is 11.0. The molecule has 0 atom stereocenters.